The first-order valence-corrected chi connectivity index (χ1v) is 8.53. The number of hydrogen-bond acceptors (Lipinski definition) is 6. The van der Waals surface area contributed by atoms with Crippen LogP contribution in [0.25, 0.3) is 5.65 Å². The number of nitrogens with zero attached hydrogens (tertiary/aromatic N) is 6. The van der Waals surface area contributed by atoms with E-state index in [1.807, 2.05) is 28.8 Å². The average Bonchev–Trinajstić information content (AvgIpc) is 3.18. The summed E-state index contributed by atoms with van der Waals surface area (Å²) >= 11 is 7.29. The van der Waals surface area contributed by atoms with Crippen LogP contribution in [0.3, 0.4) is 0 Å². The second-order valence-corrected chi connectivity index (χ2v) is 6.65. The molecule has 3 aromatic heterocycles. The SMILES string of the molecule is N#Cc1c(Cl)nsc1N1CCC[C@@H](c2nnc3ccccn23)C1. The van der Waals surface area contributed by atoms with Crippen molar-refractivity contribution in [1.82, 2.24) is 19.0 Å². The summed E-state index contributed by atoms with van der Waals surface area (Å²) in [5.41, 5.74) is 1.33. The normalized spacial score (nSPS) is 18.3. The number of fused-ring (bicyclic) bond motifs is 1. The Labute approximate surface area is 142 Å². The predicted molar refractivity (Wildman–Crippen MR) is 89.0 cm³/mol. The molecule has 1 fully saturated rings. The fourth-order valence-corrected chi connectivity index (χ4v) is 4.15. The molecule has 4 rings (SSSR count). The van der Waals surface area contributed by atoms with Crippen molar-refractivity contribution in [2.45, 2.75) is 18.8 Å². The van der Waals surface area contributed by atoms with E-state index in [1.54, 1.807) is 0 Å². The standard InChI is InChI=1S/C15H13ClN6S/c16-13-11(8-17)15(23-20-13)21-6-3-4-10(9-21)14-19-18-12-5-1-2-7-22(12)14/h1-2,5,7,10H,3-4,6,9H2/t10-/m1/s1. The lowest BCUT2D eigenvalue weighted by Gasteiger charge is -2.32. The Hall–Kier alpha value is -2.17. The Morgan fingerprint density at radius 1 is 1.35 bits per heavy atom. The molecule has 6 nitrogen and oxygen atoms in total. The first-order chi connectivity index (χ1) is 11.3. The highest BCUT2D eigenvalue weighted by molar-refractivity contribution is 7.10. The van der Waals surface area contributed by atoms with E-state index in [1.165, 1.54) is 11.5 Å². The highest BCUT2D eigenvalue weighted by Gasteiger charge is 2.28. The van der Waals surface area contributed by atoms with E-state index in [9.17, 15) is 5.26 Å². The molecule has 23 heavy (non-hydrogen) atoms. The van der Waals surface area contributed by atoms with Crippen LogP contribution in [0.5, 0.6) is 0 Å². The molecule has 4 heterocycles. The third kappa shape index (κ3) is 2.44. The summed E-state index contributed by atoms with van der Waals surface area (Å²) in [5, 5.41) is 19.1. The largest absolute Gasteiger partial charge is 0.360 e. The summed E-state index contributed by atoms with van der Waals surface area (Å²) in [6.45, 7) is 1.70. The van der Waals surface area contributed by atoms with Crippen molar-refractivity contribution in [3.05, 3.63) is 40.9 Å². The summed E-state index contributed by atoms with van der Waals surface area (Å²) in [7, 11) is 0. The molecule has 0 aliphatic carbocycles. The van der Waals surface area contributed by atoms with Gasteiger partial charge in [0.1, 0.15) is 22.5 Å². The van der Waals surface area contributed by atoms with Crippen molar-refractivity contribution in [2.24, 2.45) is 0 Å². The summed E-state index contributed by atoms with van der Waals surface area (Å²) in [5.74, 6) is 1.24. The van der Waals surface area contributed by atoms with Gasteiger partial charge in [-0.05, 0) is 36.5 Å². The summed E-state index contributed by atoms with van der Waals surface area (Å²) in [4.78, 5) is 2.19. The quantitative estimate of drug-likeness (QED) is 0.714. The van der Waals surface area contributed by atoms with Gasteiger partial charge in [0.15, 0.2) is 10.8 Å². The molecule has 1 aliphatic rings. The molecule has 1 saturated heterocycles. The van der Waals surface area contributed by atoms with E-state index in [0.29, 0.717) is 10.7 Å². The maximum absolute atomic E-state index is 9.29. The van der Waals surface area contributed by atoms with Crippen LogP contribution in [0.2, 0.25) is 5.15 Å². The van der Waals surface area contributed by atoms with Crippen LogP contribution in [0.15, 0.2) is 24.4 Å². The van der Waals surface area contributed by atoms with E-state index >= 15 is 0 Å². The lowest BCUT2D eigenvalue weighted by molar-refractivity contribution is 0.490. The van der Waals surface area contributed by atoms with Crippen molar-refractivity contribution in [2.75, 3.05) is 18.0 Å². The van der Waals surface area contributed by atoms with Crippen molar-refractivity contribution in [3.63, 3.8) is 0 Å². The van der Waals surface area contributed by atoms with Crippen LogP contribution in [0.4, 0.5) is 5.00 Å². The molecular weight excluding hydrogens is 332 g/mol. The average molecular weight is 345 g/mol. The van der Waals surface area contributed by atoms with E-state index in [-0.39, 0.29) is 5.92 Å². The van der Waals surface area contributed by atoms with E-state index in [0.717, 1.165) is 42.4 Å². The fraction of sp³-hybridized carbons (Fsp3) is 0.333. The Kier molecular flexibility index (Phi) is 3.63. The summed E-state index contributed by atoms with van der Waals surface area (Å²) in [6, 6.07) is 8.05. The van der Waals surface area contributed by atoms with Crippen molar-refractivity contribution >= 4 is 33.8 Å². The minimum atomic E-state index is 0.272. The molecule has 0 unspecified atom stereocenters. The van der Waals surface area contributed by atoms with Crippen LogP contribution in [-0.2, 0) is 0 Å². The topological polar surface area (TPSA) is 70.1 Å². The molecule has 3 aromatic rings. The molecular formula is C15H13ClN6S. The third-order valence-electron chi connectivity index (χ3n) is 4.16. The number of rotatable bonds is 2. The van der Waals surface area contributed by atoms with Gasteiger partial charge in [0.25, 0.3) is 0 Å². The van der Waals surface area contributed by atoms with Gasteiger partial charge >= 0.3 is 0 Å². The third-order valence-corrected chi connectivity index (χ3v) is 5.44. The zero-order valence-electron chi connectivity index (χ0n) is 12.2. The van der Waals surface area contributed by atoms with Gasteiger partial charge in [-0.25, -0.2) is 0 Å². The van der Waals surface area contributed by atoms with Gasteiger partial charge in [-0.2, -0.15) is 9.64 Å². The molecule has 0 spiro atoms. The minimum absolute atomic E-state index is 0.272. The van der Waals surface area contributed by atoms with Crippen LogP contribution in [-0.4, -0.2) is 32.1 Å². The van der Waals surface area contributed by atoms with Gasteiger partial charge in [0.05, 0.1) is 0 Å². The van der Waals surface area contributed by atoms with Crippen LogP contribution in [0.1, 0.15) is 30.1 Å². The maximum atomic E-state index is 9.29. The van der Waals surface area contributed by atoms with Crippen LogP contribution < -0.4 is 4.90 Å². The summed E-state index contributed by atoms with van der Waals surface area (Å²) in [6.07, 6.45) is 4.08. The number of pyridine rings is 1. The number of nitriles is 1. The molecule has 0 bridgehead atoms. The summed E-state index contributed by atoms with van der Waals surface area (Å²) < 4.78 is 6.15. The minimum Gasteiger partial charge on any atom is -0.360 e. The number of piperidine rings is 1. The van der Waals surface area contributed by atoms with Crippen molar-refractivity contribution in [3.8, 4) is 6.07 Å². The fourth-order valence-electron chi connectivity index (χ4n) is 3.08. The number of aromatic nitrogens is 4. The predicted octanol–water partition coefficient (Wildman–Crippen LogP) is 3.09. The Bertz CT molecular complexity index is 895. The number of halogens is 1. The zero-order chi connectivity index (χ0) is 15.8. The van der Waals surface area contributed by atoms with Gasteiger partial charge in [0.2, 0.25) is 0 Å². The molecule has 1 atom stereocenters. The Morgan fingerprint density at radius 2 is 2.26 bits per heavy atom. The van der Waals surface area contributed by atoms with Crippen LogP contribution >= 0.6 is 23.1 Å². The molecule has 0 aromatic carbocycles. The van der Waals surface area contributed by atoms with Gasteiger partial charge in [-0.3, -0.25) is 4.40 Å². The monoisotopic (exact) mass is 344 g/mol. The van der Waals surface area contributed by atoms with E-state index < -0.39 is 0 Å². The number of hydrogen-bond donors (Lipinski definition) is 0. The zero-order valence-corrected chi connectivity index (χ0v) is 13.8. The lowest BCUT2D eigenvalue weighted by atomic mass is 9.97. The first kappa shape index (κ1) is 14.4. The first-order valence-electron chi connectivity index (χ1n) is 7.38. The smallest absolute Gasteiger partial charge is 0.162 e. The van der Waals surface area contributed by atoms with Gasteiger partial charge in [-0.1, -0.05) is 17.7 Å². The van der Waals surface area contributed by atoms with E-state index in [2.05, 4.69) is 25.5 Å². The highest BCUT2D eigenvalue weighted by Crippen LogP contribution is 2.36. The molecule has 1 aliphatic heterocycles. The maximum Gasteiger partial charge on any atom is 0.162 e. The van der Waals surface area contributed by atoms with Gasteiger partial charge in [0, 0.05) is 25.2 Å². The molecule has 116 valence electrons. The molecule has 0 N–H and O–H groups in total. The second-order valence-electron chi connectivity index (χ2n) is 5.54. The van der Waals surface area contributed by atoms with Crippen LogP contribution in [0, 0.1) is 11.3 Å². The van der Waals surface area contributed by atoms with Gasteiger partial charge in [-0.15, -0.1) is 10.2 Å². The van der Waals surface area contributed by atoms with Crippen molar-refractivity contribution < 1.29 is 0 Å². The molecule has 8 heteroatoms. The Balaban J connectivity index is 1.66. The lowest BCUT2D eigenvalue weighted by Crippen LogP contribution is -2.35. The van der Waals surface area contributed by atoms with Crippen molar-refractivity contribution in [1.29, 1.82) is 5.26 Å². The number of anilines is 1. The molecule has 0 amide bonds. The highest BCUT2D eigenvalue weighted by atomic mass is 35.5. The Morgan fingerprint density at radius 3 is 3.13 bits per heavy atom. The molecule has 0 radical (unpaired) electrons. The van der Waals surface area contributed by atoms with E-state index in [4.69, 9.17) is 11.6 Å². The second kappa shape index (κ2) is 5.80. The van der Waals surface area contributed by atoms with Gasteiger partial charge < -0.3 is 4.90 Å². The molecule has 0 saturated carbocycles.